The van der Waals surface area contributed by atoms with Crippen molar-refractivity contribution >= 4 is 11.9 Å². The molecule has 0 heterocycles. The maximum absolute atomic E-state index is 10.6. The first-order valence-corrected chi connectivity index (χ1v) is 9.08. The van der Waals surface area contributed by atoms with Crippen LogP contribution in [0.1, 0.15) is 25.7 Å². The average molecular weight is 376 g/mol. The number of carbonyl (C=O) groups is 2. The number of carboxylic acid groups (broad SMARTS) is 2. The zero-order chi connectivity index (χ0) is 19.4. The molecule has 0 radical (unpaired) electrons. The molecule has 26 heavy (non-hydrogen) atoms. The van der Waals surface area contributed by atoms with Crippen molar-refractivity contribution < 1.29 is 34.4 Å². The van der Waals surface area contributed by atoms with Crippen LogP contribution in [0.4, 0.5) is 0 Å². The van der Waals surface area contributed by atoms with Crippen LogP contribution in [0.15, 0.2) is 0 Å². The lowest BCUT2D eigenvalue weighted by Crippen LogP contribution is -2.40. The number of hydrogen-bond acceptors (Lipinski definition) is 7. The zero-order valence-corrected chi connectivity index (χ0v) is 15.5. The van der Waals surface area contributed by atoms with Gasteiger partial charge in [-0.25, -0.2) is 0 Å². The Labute approximate surface area is 154 Å². The molecule has 1 saturated carbocycles. The van der Waals surface area contributed by atoms with Gasteiger partial charge in [-0.05, 0) is 19.9 Å². The van der Waals surface area contributed by atoms with E-state index in [1.165, 1.54) is 12.8 Å². The summed E-state index contributed by atoms with van der Waals surface area (Å²) < 4.78 is 11.0. The molecule has 1 aliphatic rings. The second-order valence-electron chi connectivity index (χ2n) is 6.61. The number of aliphatic hydroxyl groups excluding tert-OH is 1. The first kappa shape index (κ1) is 22.8. The third-order valence-corrected chi connectivity index (χ3v) is 4.17. The second kappa shape index (κ2) is 13.0. The number of aliphatic carboxylic acids is 2. The summed E-state index contributed by atoms with van der Waals surface area (Å²) in [6, 6.07) is 0.581. The third-order valence-electron chi connectivity index (χ3n) is 4.17. The van der Waals surface area contributed by atoms with Crippen molar-refractivity contribution in [3.05, 3.63) is 0 Å². The number of carboxylic acids is 2. The summed E-state index contributed by atoms with van der Waals surface area (Å²) in [5.74, 6) is -1.84. The monoisotopic (exact) mass is 376 g/mol. The molecule has 0 saturated heterocycles. The third kappa shape index (κ3) is 11.4. The highest BCUT2D eigenvalue weighted by Crippen LogP contribution is 2.26. The quantitative estimate of drug-likeness (QED) is 0.295. The van der Waals surface area contributed by atoms with Gasteiger partial charge in [0.05, 0.1) is 45.4 Å². The smallest absolute Gasteiger partial charge is 0.305 e. The van der Waals surface area contributed by atoms with Gasteiger partial charge < -0.3 is 29.7 Å². The Kier molecular flexibility index (Phi) is 11.4. The molecule has 1 rings (SSSR count). The van der Waals surface area contributed by atoms with Crippen LogP contribution >= 0.6 is 0 Å². The molecule has 0 aromatic carbocycles. The van der Waals surface area contributed by atoms with E-state index in [2.05, 4.69) is 9.80 Å². The molecule has 1 unspecified atom stereocenters. The predicted molar refractivity (Wildman–Crippen MR) is 94.2 cm³/mol. The number of likely N-dealkylation sites (N-methyl/N-ethyl adjacent to an activating group) is 1. The van der Waals surface area contributed by atoms with Crippen LogP contribution in [0.25, 0.3) is 0 Å². The van der Waals surface area contributed by atoms with E-state index in [-0.39, 0.29) is 45.4 Å². The zero-order valence-electron chi connectivity index (χ0n) is 15.5. The number of rotatable bonds is 17. The maximum atomic E-state index is 10.6. The van der Waals surface area contributed by atoms with Gasteiger partial charge in [-0.1, -0.05) is 0 Å². The van der Waals surface area contributed by atoms with Crippen molar-refractivity contribution in [1.29, 1.82) is 0 Å². The normalized spacial score (nSPS) is 15.5. The van der Waals surface area contributed by atoms with Crippen molar-refractivity contribution in [2.75, 3.05) is 59.7 Å². The van der Waals surface area contributed by atoms with E-state index in [0.29, 0.717) is 19.1 Å². The summed E-state index contributed by atoms with van der Waals surface area (Å²) >= 11 is 0. The summed E-state index contributed by atoms with van der Waals surface area (Å²) in [6.45, 7) is 3.45. The molecule has 0 aliphatic heterocycles. The van der Waals surface area contributed by atoms with E-state index in [1.807, 2.05) is 7.05 Å². The van der Waals surface area contributed by atoms with Gasteiger partial charge in [-0.2, -0.15) is 0 Å². The van der Waals surface area contributed by atoms with E-state index in [0.717, 1.165) is 13.1 Å². The van der Waals surface area contributed by atoms with Crippen molar-refractivity contribution in [2.45, 2.75) is 37.8 Å². The van der Waals surface area contributed by atoms with Gasteiger partial charge >= 0.3 is 11.9 Å². The summed E-state index contributed by atoms with van der Waals surface area (Å²) in [7, 11) is 1.95. The number of aliphatic hydroxyl groups is 1. The van der Waals surface area contributed by atoms with Gasteiger partial charge in [-0.15, -0.1) is 0 Å². The van der Waals surface area contributed by atoms with Gasteiger partial charge in [0.15, 0.2) is 0 Å². The first-order chi connectivity index (χ1) is 12.4. The van der Waals surface area contributed by atoms with Gasteiger partial charge in [-0.3, -0.25) is 14.5 Å². The van der Waals surface area contributed by atoms with E-state index in [4.69, 9.17) is 24.8 Å². The van der Waals surface area contributed by atoms with Gasteiger partial charge in [0.25, 0.3) is 0 Å². The summed E-state index contributed by atoms with van der Waals surface area (Å²) in [6.07, 6.45) is 1.89. The lowest BCUT2D eigenvalue weighted by Gasteiger charge is -2.27. The largest absolute Gasteiger partial charge is 0.481 e. The highest BCUT2D eigenvalue weighted by Gasteiger charge is 2.28. The van der Waals surface area contributed by atoms with Gasteiger partial charge in [0, 0.05) is 32.2 Å². The molecule has 0 aromatic rings. The SMILES string of the molecule is CN(CCN(CCO)C1CC1)CC(COCCC(=O)O)OCCC(=O)O. The minimum absolute atomic E-state index is 0.0742. The summed E-state index contributed by atoms with van der Waals surface area (Å²) in [5.41, 5.74) is 0. The van der Waals surface area contributed by atoms with E-state index < -0.39 is 11.9 Å². The van der Waals surface area contributed by atoms with E-state index >= 15 is 0 Å². The minimum Gasteiger partial charge on any atom is -0.481 e. The molecule has 0 spiro atoms. The number of nitrogens with zero attached hydrogens (tertiary/aromatic N) is 2. The molecule has 0 amide bonds. The van der Waals surface area contributed by atoms with Crippen LogP contribution in [0, 0.1) is 0 Å². The molecule has 0 aromatic heterocycles. The fourth-order valence-corrected chi connectivity index (χ4v) is 2.62. The molecule has 9 nitrogen and oxygen atoms in total. The molecule has 9 heteroatoms. The van der Waals surface area contributed by atoms with Crippen LogP contribution in [0.3, 0.4) is 0 Å². The predicted octanol–water partition coefficient (Wildman–Crippen LogP) is -0.274. The summed E-state index contributed by atoms with van der Waals surface area (Å²) in [4.78, 5) is 25.5. The Morgan fingerprint density at radius 2 is 1.73 bits per heavy atom. The number of hydrogen-bond donors (Lipinski definition) is 3. The standard InChI is InChI=1S/C17H32N2O7/c1-18(6-7-19(8-9-20)14-2-3-14)12-15(26-11-5-17(23)24)13-25-10-4-16(21)22/h14-15,20H,2-13H2,1H3,(H,21,22)(H,23,24). The van der Waals surface area contributed by atoms with Crippen molar-refractivity contribution in [3.63, 3.8) is 0 Å². The molecule has 152 valence electrons. The van der Waals surface area contributed by atoms with Crippen molar-refractivity contribution in [2.24, 2.45) is 0 Å². The molecular weight excluding hydrogens is 344 g/mol. The molecule has 0 bridgehead atoms. The van der Waals surface area contributed by atoms with Crippen LogP contribution in [0.5, 0.6) is 0 Å². The highest BCUT2D eigenvalue weighted by atomic mass is 16.5. The van der Waals surface area contributed by atoms with E-state index in [1.54, 1.807) is 0 Å². The second-order valence-corrected chi connectivity index (χ2v) is 6.61. The lowest BCUT2D eigenvalue weighted by atomic mass is 10.3. The van der Waals surface area contributed by atoms with Gasteiger partial charge in [0.2, 0.25) is 0 Å². The molecular formula is C17H32N2O7. The Balaban J connectivity index is 2.34. The maximum Gasteiger partial charge on any atom is 0.305 e. The average Bonchev–Trinajstić information content (AvgIpc) is 3.39. The molecule has 1 aliphatic carbocycles. The first-order valence-electron chi connectivity index (χ1n) is 9.08. The van der Waals surface area contributed by atoms with Crippen molar-refractivity contribution in [1.82, 2.24) is 9.80 Å². The summed E-state index contributed by atoms with van der Waals surface area (Å²) in [5, 5.41) is 26.5. The van der Waals surface area contributed by atoms with Crippen LogP contribution in [-0.2, 0) is 19.1 Å². The molecule has 1 atom stereocenters. The van der Waals surface area contributed by atoms with Crippen molar-refractivity contribution in [3.8, 4) is 0 Å². The fraction of sp³-hybridized carbons (Fsp3) is 0.882. The Morgan fingerprint density at radius 3 is 2.31 bits per heavy atom. The highest BCUT2D eigenvalue weighted by molar-refractivity contribution is 5.67. The topological polar surface area (TPSA) is 120 Å². The molecule has 1 fully saturated rings. The number of ether oxygens (including phenoxy) is 2. The van der Waals surface area contributed by atoms with Crippen LogP contribution < -0.4 is 0 Å². The van der Waals surface area contributed by atoms with E-state index in [9.17, 15) is 9.59 Å². The van der Waals surface area contributed by atoms with Crippen LogP contribution in [-0.4, -0.2) is 109 Å². The Morgan fingerprint density at radius 1 is 1.08 bits per heavy atom. The van der Waals surface area contributed by atoms with Crippen LogP contribution in [0.2, 0.25) is 0 Å². The molecule has 3 N–H and O–H groups in total. The lowest BCUT2D eigenvalue weighted by molar-refractivity contribution is -0.141. The Hall–Kier alpha value is -1.26. The Bertz CT molecular complexity index is 418. The van der Waals surface area contributed by atoms with Gasteiger partial charge in [0.1, 0.15) is 0 Å². The minimum atomic E-state index is -0.923. The fourth-order valence-electron chi connectivity index (χ4n) is 2.62.